The van der Waals surface area contributed by atoms with Crippen LogP contribution in [0.1, 0.15) is 36.0 Å². The normalized spacial score (nSPS) is 20.8. The van der Waals surface area contributed by atoms with Crippen LogP contribution >= 0.6 is 0 Å². The van der Waals surface area contributed by atoms with E-state index in [4.69, 9.17) is 0 Å². The van der Waals surface area contributed by atoms with Crippen molar-refractivity contribution in [1.82, 2.24) is 15.1 Å². The Morgan fingerprint density at radius 1 is 1.07 bits per heavy atom. The number of benzene rings is 1. The van der Waals surface area contributed by atoms with Crippen molar-refractivity contribution in [3.63, 3.8) is 0 Å². The van der Waals surface area contributed by atoms with Gasteiger partial charge in [0.1, 0.15) is 0 Å². The molecule has 3 fully saturated rings. The van der Waals surface area contributed by atoms with Crippen molar-refractivity contribution in [1.29, 1.82) is 0 Å². The molecule has 0 aromatic heterocycles. The molecule has 1 N–H and O–H groups in total. The number of amides is 3. The number of nitrogens with zero attached hydrogens (tertiary/aromatic N) is 3. The van der Waals surface area contributed by atoms with E-state index in [0.29, 0.717) is 50.7 Å². The Morgan fingerprint density at radius 3 is 2.52 bits per heavy atom. The second-order valence-electron chi connectivity index (χ2n) is 7.61. The maximum atomic E-state index is 12.9. The summed E-state index contributed by atoms with van der Waals surface area (Å²) in [6, 6.07) is 7.74. The summed E-state index contributed by atoms with van der Waals surface area (Å²) in [4.78, 5) is 42.4. The van der Waals surface area contributed by atoms with Crippen LogP contribution in [0.5, 0.6) is 0 Å². The molecule has 2 saturated heterocycles. The van der Waals surface area contributed by atoms with E-state index in [9.17, 15) is 14.4 Å². The Kier molecular flexibility index (Phi) is 5.11. The predicted octanol–water partition coefficient (Wildman–Crippen LogP) is 0.850. The number of carbonyl (C=O) groups is 3. The molecule has 27 heavy (non-hydrogen) atoms. The predicted molar refractivity (Wildman–Crippen MR) is 102 cm³/mol. The molecule has 1 saturated carbocycles. The maximum absolute atomic E-state index is 12.9. The van der Waals surface area contributed by atoms with E-state index in [1.807, 2.05) is 29.2 Å². The standard InChI is InChI=1S/C20H26N4O3/c25-18(21-16-6-7-16)14-22-9-11-23(12-10-22)20(27)15-3-1-4-17(13-15)24-8-2-5-19(24)26/h1,3-4,13,16H,2,5-12,14H2,(H,21,25). The minimum atomic E-state index is -0.00872. The molecule has 3 amide bonds. The summed E-state index contributed by atoms with van der Waals surface area (Å²) in [6.45, 7) is 3.76. The van der Waals surface area contributed by atoms with Gasteiger partial charge in [0.25, 0.3) is 5.91 Å². The zero-order chi connectivity index (χ0) is 18.8. The zero-order valence-electron chi connectivity index (χ0n) is 15.5. The van der Waals surface area contributed by atoms with Gasteiger partial charge in [-0.3, -0.25) is 19.3 Å². The van der Waals surface area contributed by atoms with Gasteiger partial charge in [-0.15, -0.1) is 0 Å². The summed E-state index contributed by atoms with van der Waals surface area (Å²) in [5.74, 6) is 0.198. The average Bonchev–Trinajstić information content (AvgIpc) is 3.38. The number of piperazine rings is 1. The number of hydrogen-bond acceptors (Lipinski definition) is 4. The van der Waals surface area contributed by atoms with Gasteiger partial charge in [-0.05, 0) is 37.5 Å². The van der Waals surface area contributed by atoms with Crippen LogP contribution in [0.3, 0.4) is 0 Å². The third kappa shape index (κ3) is 4.30. The molecule has 1 aliphatic carbocycles. The molecule has 1 aromatic carbocycles. The van der Waals surface area contributed by atoms with Crippen LogP contribution in [0.2, 0.25) is 0 Å². The summed E-state index contributed by atoms with van der Waals surface area (Å²) in [5, 5.41) is 3.00. The van der Waals surface area contributed by atoms with E-state index in [1.54, 1.807) is 4.90 Å². The molecule has 0 bridgehead atoms. The molecule has 0 atom stereocenters. The first-order valence-electron chi connectivity index (χ1n) is 9.81. The Morgan fingerprint density at radius 2 is 1.85 bits per heavy atom. The maximum Gasteiger partial charge on any atom is 0.254 e. The molecule has 4 rings (SSSR count). The summed E-state index contributed by atoms with van der Waals surface area (Å²) in [6.07, 6.45) is 3.63. The fourth-order valence-corrected chi connectivity index (χ4v) is 3.72. The first-order valence-corrected chi connectivity index (χ1v) is 9.81. The Bertz CT molecular complexity index is 738. The molecule has 0 radical (unpaired) electrons. The van der Waals surface area contributed by atoms with Crippen LogP contribution in [-0.2, 0) is 9.59 Å². The van der Waals surface area contributed by atoms with Crippen molar-refractivity contribution < 1.29 is 14.4 Å². The lowest BCUT2D eigenvalue weighted by atomic mass is 10.1. The summed E-state index contributed by atoms with van der Waals surface area (Å²) >= 11 is 0. The molecule has 2 aliphatic heterocycles. The number of hydrogen-bond donors (Lipinski definition) is 1. The monoisotopic (exact) mass is 370 g/mol. The van der Waals surface area contributed by atoms with Crippen molar-refractivity contribution in [3.8, 4) is 0 Å². The third-order valence-corrected chi connectivity index (χ3v) is 5.45. The lowest BCUT2D eigenvalue weighted by Crippen LogP contribution is -2.51. The van der Waals surface area contributed by atoms with Crippen molar-refractivity contribution in [2.75, 3.05) is 44.2 Å². The van der Waals surface area contributed by atoms with Crippen LogP contribution in [0, 0.1) is 0 Å². The molecule has 3 aliphatic rings. The Balaban J connectivity index is 1.32. The van der Waals surface area contributed by atoms with Gasteiger partial charge in [-0.25, -0.2) is 0 Å². The lowest BCUT2D eigenvalue weighted by molar-refractivity contribution is -0.122. The largest absolute Gasteiger partial charge is 0.352 e. The SMILES string of the molecule is O=C(CN1CCN(C(=O)c2cccc(N3CCCC3=O)c2)CC1)NC1CC1. The van der Waals surface area contributed by atoms with Crippen LogP contribution in [-0.4, -0.2) is 72.8 Å². The Labute approximate surface area is 159 Å². The van der Waals surface area contributed by atoms with Gasteiger partial charge < -0.3 is 15.1 Å². The van der Waals surface area contributed by atoms with Gasteiger partial charge in [-0.1, -0.05) is 6.07 Å². The van der Waals surface area contributed by atoms with Crippen molar-refractivity contribution >= 4 is 23.4 Å². The molecule has 7 nitrogen and oxygen atoms in total. The lowest BCUT2D eigenvalue weighted by Gasteiger charge is -2.34. The quantitative estimate of drug-likeness (QED) is 0.834. The fourth-order valence-electron chi connectivity index (χ4n) is 3.72. The van der Waals surface area contributed by atoms with Gasteiger partial charge in [-0.2, -0.15) is 0 Å². The second kappa shape index (κ2) is 7.68. The minimum Gasteiger partial charge on any atom is -0.352 e. The van der Waals surface area contributed by atoms with Gasteiger partial charge in [0.2, 0.25) is 11.8 Å². The highest BCUT2D eigenvalue weighted by molar-refractivity contribution is 5.99. The summed E-state index contributed by atoms with van der Waals surface area (Å²) < 4.78 is 0. The van der Waals surface area contributed by atoms with Gasteiger partial charge >= 0.3 is 0 Å². The smallest absolute Gasteiger partial charge is 0.254 e. The van der Waals surface area contributed by atoms with Crippen LogP contribution in [0.25, 0.3) is 0 Å². The van der Waals surface area contributed by atoms with Crippen molar-refractivity contribution in [3.05, 3.63) is 29.8 Å². The van der Waals surface area contributed by atoms with Crippen LogP contribution < -0.4 is 10.2 Å². The number of carbonyl (C=O) groups excluding carboxylic acids is 3. The molecule has 144 valence electrons. The minimum absolute atomic E-state index is 0.00872. The molecule has 7 heteroatoms. The number of rotatable bonds is 5. The molecular formula is C20H26N4O3. The third-order valence-electron chi connectivity index (χ3n) is 5.45. The van der Waals surface area contributed by atoms with Crippen LogP contribution in [0.4, 0.5) is 5.69 Å². The molecular weight excluding hydrogens is 344 g/mol. The second-order valence-corrected chi connectivity index (χ2v) is 7.61. The number of nitrogens with one attached hydrogen (secondary N) is 1. The van der Waals surface area contributed by atoms with E-state index < -0.39 is 0 Å². The highest BCUT2D eigenvalue weighted by Gasteiger charge is 2.27. The van der Waals surface area contributed by atoms with E-state index in [0.717, 1.165) is 31.5 Å². The van der Waals surface area contributed by atoms with Gasteiger partial charge in [0.15, 0.2) is 0 Å². The van der Waals surface area contributed by atoms with Crippen molar-refractivity contribution in [2.45, 2.75) is 31.7 Å². The van der Waals surface area contributed by atoms with E-state index in [2.05, 4.69) is 10.2 Å². The van der Waals surface area contributed by atoms with Gasteiger partial charge in [0, 0.05) is 56.4 Å². The molecule has 1 aromatic rings. The molecule has 0 spiro atoms. The first-order chi connectivity index (χ1) is 13.1. The van der Waals surface area contributed by atoms with E-state index in [-0.39, 0.29) is 17.7 Å². The zero-order valence-corrected chi connectivity index (χ0v) is 15.5. The number of anilines is 1. The highest BCUT2D eigenvalue weighted by Crippen LogP contribution is 2.23. The van der Waals surface area contributed by atoms with E-state index in [1.165, 1.54) is 0 Å². The molecule has 2 heterocycles. The first kappa shape index (κ1) is 18.0. The van der Waals surface area contributed by atoms with E-state index >= 15 is 0 Å². The summed E-state index contributed by atoms with van der Waals surface area (Å²) in [7, 11) is 0. The van der Waals surface area contributed by atoms with Crippen LogP contribution in [0.15, 0.2) is 24.3 Å². The van der Waals surface area contributed by atoms with Gasteiger partial charge in [0.05, 0.1) is 6.54 Å². The fraction of sp³-hybridized carbons (Fsp3) is 0.550. The summed E-state index contributed by atoms with van der Waals surface area (Å²) in [5.41, 5.74) is 1.42. The average molecular weight is 370 g/mol. The molecule has 0 unspecified atom stereocenters. The Hall–Kier alpha value is -2.41. The topological polar surface area (TPSA) is 73.0 Å². The van der Waals surface area contributed by atoms with Crippen molar-refractivity contribution in [2.24, 2.45) is 0 Å². The highest BCUT2D eigenvalue weighted by atomic mass is 16.2.